The zero-order valence-electron chi connectivity index (χ0n) is 12.5. The van der Waals surface area contributed by atoms with Gasteiger partial charge in [0.1, 0.15) is 0 Å². The Labute approximate surface area is 131 Å². The summed E-state index contributed by atoms with van der Waals surface area (Å²) in [5.41, 5.74) is 7.79. The molecule has 0 radical (unpaired) electrons. The molecule has 112 valence electrons. The van der Waals surface area contributed by atoms with Crippen LogP contribution in [0.3, 0.4) is 0 Å². The number of likely N-dealkylation sites (N-methyl/N-ethyl adjacent to an activating group) is 1. The molecule has 1 aromatic carbocycles. The predicted molar refractivity (Wildman–Crippen MR) is 89.5 cm³/mol. The van der Waals surface area contributed by atoms with Crippen molar-refractivity contribution in [3.8, 4) is 0 Å². The Balaban J connectivity index is 1.75. The summed E-state index contributed by atoms with van der Waals surface area (Å²) in [4.78, 5) is 6.23. The van der Waals surface area contributed by atoms with Crippen molar-refractivity contribution in [3.63, 3.8) is 0 Å². The molecule has 4 heteroatoms. The zero-order valence-corrected chi connectivity index (χ0v) is 13.3. The minimum atomic E-state index is 0.111. The molecule has 0 aliphatic carbocycles. The van der Waals surface area contributed by atoms with E-state index in [0.29, 0.717) is 6.04 Å². The molecule has 0 amide bonds. The summed E-state index contributed by atoms with van der Waals surface area (Å²) in [5.74, 6) is 0. The molecule has 2 atom stereocenters. The maximum absolute atomic E-state index is 6.40. The monoisotopic (exact) mass is 301 g/mol. The van der Waals surface area contributed by atoms with E-state index in [9.17, 15) is 0 Å². The molecule has 0 spiro atoms. The van der Waals surface area contributed by atoms with Crippen molar-refractivity contribution in [2.75, 3.05) is 33.2 Å². The van der Waals surface area contributed by atoms with Crippen LogP contribution in [0.1, 0.15) is 22.5 Å². The number of hydrogen-bond donors (Lipinski definition) is 1. The molecule has 3 nitrogen and oxygen atoms in total. The fourth-order valence-corrected chi connectivity index (χ4v) is 3.73. The number of hydrogen-bond acceptors (Lipinski definition) is 4. The van der Waals surface area contributed by atoms with Crippen molar-refractivity contribution in [2.24, 2.45) is 5.73 Å². The first-order valence-corrected chi connectivity index (χ1v) is 8.38. The first kappa shape index (κ1) is 14.7. The van der Waals surface area contributed by atoms with Crippen LogP contribution in [0.2, 0.25) is 0 Å². The Morgan fingerprint density at radius 1 is 1.19 bits per heavy atom. The fraction of sp³-hybridized carbons (Fsp3) is 0.412. The van der Waals surface area contributed by atoms with Crippen molar-refractivity contribution in [2.45, 2.75) is 12.1 Å². The van der Waals surface area contributed by atoms with E-state index in [4.69, 9.17) is 5.73 Å². The second-order valence-electron chi connectivity index (χ2n) is 5.81. The van der Waals surface area contributed by atoms with E-state index in [1.807, 2.05) is 0 Å². The van der Waals surface area contributed by atoms with E-state index in [0.717, 1.165) is 26.2 Å². The van der Waals surface area contributed by atoms with Gasteiger partial charge in [0.2, 0.25) is 0 Å². The molecular formula is C17H23N3S. The van der Waals surface area contributed by atoms with Gasteiger partial charge >= 0.3 is 0 Å². The average molecular weight is 301 g/mol. The topological polar surface area (TPSA) is 32.5 Å². The molecular weight excluding hydrogens is 278 g/mol. The molecule has 0 bridgehead atoms. The maximum Gasteiger partial charge on any atom is 0.0519 e. The highest BCUT2D eigenvalue weighted by molar-refractivity contribution is 7.10. The summed E-state index contributed by atoms with van der Waals surface area (Å²) in [7, 11) is 2.20. The van der Waals surface area contributed by atoms with E-state index in [2.05, 4.69) is 64.7 Å². The second kappa shape index (κ2) is 6.71. The summed E-state index contributed by atoms with van der Waals surface area (Å²) in [6, 6.07) is 15.6. The van der Waals surface area contributed by atoms with E-state index in [1.54, 1.807) is 11.3 Å². The third-order valence-electron chi connectivity index (χ3n) is 4.22. The normalized spacial score (nSPS) is 22.3. The van der Waals surface area contributed by atoms with Crippen LogP contribution in [0.5, 0.6) is 0 Å². The number of thiophene rings is 1. The van der Waals surface area contributed by atoms with Crippen molar-refractivity contribution in [1.29, 1.82) is 0 Å². The minimum absolute atomic E-state index is 0.111. The zero-order chi connectivity index (χ0) is 14.7. The molecule has 3 rings (SSSR count). The largest absolute Gasteiger partial charge is 0.322 e. The van der Waals surface area contributed by atoms with Crippen LogP contribution in [-0.4, -0.2) is 43.0 Å². The molecule has 2 unspecified atom stereocenters. The minimum Gasteiger partial charge on any atom is -0.322 e. The number of benzene rings is 1. The highest BCUT2D eigenvalue weighted by Crippen LogP contribution is 2.27. The van der Waals surface area contributed by atoms with Crippen molar-refractivity contribution < 1.29 is 0 Å². The van der Waals surface area contributed by atoms with Gasteiger partial charge in [-0.1, -0.05) is 36.4 Å². The number of rotatable bonds is 4. The summed E-state index contributed by atoms with van der Waals surface area (Å²) in [5, 5.41) is 2.11. The van der Waals surface area contributed by atoms with Crippen molar-refractivity contribution >= 4 is 11.3 Å². The van der Waals surface area contributed by atoms with Crippen molar-refractivity contribution in [3.05, 3.63) is 58.3 Å². The smallest absolute Gasteiger partial charge is 0.0519 e. The van der Waals surface area contributed by atoms with Crippen molar-refractivity contribution in [1.82, 2.24) is 9.80 Å². The summed E-state index contributed by atoms with van der Waals surface area (Å²) in [6.45, 7) is 4.19. The van der Waals surface area contributed by atoms with E-state index in [-0.39, 0.29) is 6.04 Å². The van der Waals surface area contributed by atoms with Gasteiger partial charge in [-0.2, -0.15) is 0 Å². The van der Waals surface area contributed by atoms with Crippen LogP contribution in [0.25, 0.3) is 0 Å². The van der Waals surface area contributed by atoms with Gasteiger partial charge in [0.15, 0.2) is 0 Å². The highest BCUT2D eigenvalue weighted by Gasteiger charge is 2.28. The SMILES string of the molecule is CN1CCN(CC(N)c2cccs2)C(c2ccccc2)C1. The van der Waals surface area contributed by atoms with E-state index >= 15 is 0 Å². The Morgan fingerprint density at radius 3 is 2.71 bits per heavy atom. The molecule has 1 aromatic heterocycles. The van der Waals surface area contributed by atoms with Gasteiger partial charge in [0, 0.05) is 37.1 Å². The quantitative estimate of drug-likeness (QED) is 0.942. The molecule has 1 fully saturated rings. The second-order valence-corrected chi connectivity index (χ2v) is 6.78. The lowest BCUT2D eigenvalue weighted by Gasteiger charge is -2.41. The third kappa shape index (κ3) is 3.52. The van der Waals surface area contributed by atoms with Crippen LogP contribution in [0, 0.1) is 0 Å². The molecule has 1 aliphatic rings. The lowest BCUT2D eigenvalue weighted by atomic mass is 10.0. The van der Waals surface area contributed by atoms with Crippen LogP contribution >= 0.6 is 11.3 Å². The number of piperazine rings is 1. The molecule has 21 heavy (non-hydrogen) atoms. The van der Waals surface area contributed by atoms with Crippen LogP contribution in [0.4, 0.5) is 0 Å². The Morgan fingerprint density at radius 2 is 2.00 bits per heavy atom. The summed E-state index contributed by atoms with van der Waals surface area (Å²) in [6.07, 6.45) is 0. The Hall–Kier alpha value is -1.20. The molecule has 1 saturated heterocycles. The molecule has 2 N–H and O–H groups in total. The van der Waals surface area contributed by atoms with Gasteiger partial charge in [-0.25, -0.2) is 0 Å². The lowest BCUT2D eigenvalue weighted by molar-refractivity contribution is 0.0846. The molecule has 2 aromatic rings. The van der Waals surface area contributed by atoms with E-state index < -0.39 is 0 Å². The van der Waals surface area contributed by atoms with E-state index in [1.165, 1.54) is 10.4 Å². The summed E-state index contributed by atoms with van der Waals surface area (Å²) < 4.78 is 0. The Bertz CT molecular complexity index is 540. The number of nitrogens with zero attached hydrogens (tertiary/aromatic N) is 2. The van der Waals surface area contributed by atoms with Gasteiger partial charge in [0.05, 0.1) is 6.04 Å². The standard InChI is InChI=1S/C17H23N3S/c1-19-9-10-20(12-15(18)17-8-5-11-21-17)16(13-19)14-6-3-2-4-7-14/h2-8,11,15-16H,9-10,12-13,18H2,1H3. The predicted octanol–water partition coefficient (Wildman–Crippen LogP) is 2.74. The average Bonchev–Trinajstić information content (AvgIpc) is 3.04. The third-order valence-corrected chi connectivity index (χ3v) is 5.22. The van der Waals surface area contributed by atoms with Gasteiger partial charge in [0.25, 0.3) is 0 Å². The molecule has 1 aliphatic heterocycles. The highest BCUT2D eigenvalue weighted by atomic mass is 32.1. The lowest BCUT2D eigenvalue weighted by Crippen LogP contribution is -2.48. The van der Waals surface area contributed by atoms with Gasteiger partial charge in [-0.3, -0.25) is 4.90 Å². The van der Waals surface area contributed by atoms with Crippen LogP contribution < -0.4 is 5.73 Å². The first-order valence-electron chi connectivity index (χ1n) is 7.50. The molecule has 0 saturated carbocycles. The Kier molecular flexibility index (Phi) is 4.70. The fourth-order valence-electron chi connectivity index (χ4n) is 3.01. The van der Waals surface area contributed by atoms with Gasteiger partial charge in [-0.05, 0) is 24.1 Å². The summed E-state index contributed by atoms with van der Waals surface area (Å²) >= 11 is 1.76. The molecule has 2 heterocycles. The van der Waals surface area contributed by atoms with Crippen LogP contribution in [-0.2, 0) is 0 Å². The van der Waals surface area contributed by atoms with Gasteiger partial charge < -0.3 is 10.6 Å². The maximum atomic E-state index is 6.40. The number of nitrogens with two attached hydrogens (primary N) is 1. The first-order chi connectivity index (χ1) is 10.2. The van der Waals surface area contributed by atoms with Gasteiger partial charge in [-0.15, -0.1) is 11.3 Å². The van der Waals surface area contributed by atoms with Crippen LogP contribution in [0.15, 0.2) is 47.8 Å².